The van der Waals surface area contributed by atoms with Crippen molar-refractivity contribution in [3.05, 3.63) is 88.5 Å². The number of hydrogen-bond acceptors (Lipinski definition) is 14. The van der Waals surface area contributed by atoms with Gasteiger partial charge in [0.05, 0.1) is 31.4 Å². The van der Waals surface area contributed by atoms with Gasteiger partial charge in [-0.05, 0) is 62.1 Å². The van der Waals surface area contributed by atoms with Gasteiger partial charge in [0.15, 0.2) is 12.1 Å². The maximum absolute atomic E-state index is 13.7. The van der Waals surface area contributed by atoms with Gasteiger partial charge in [0, 0.05) is 31.3 Å². The van der Waals surface area contributed by atoms with Gasteiger partial charge >= 0.3 is 11.9 Å². The summed E-state index contributed by atoms with van der Waals surface area (Å²) in [5, 5.41) is 52.4. The van der Waals surface area contributed by atoms with E-state index in [0.29, 0.717) is 18.4 Å². The van der Waals surface area contributed by atoms with Gasteiger partial charge < -0.3 is 59.3 Å². The lowest BCUT2D eigenvalue weighted by Crippen LogP contribution is -2.59. The zero-order valence-electron chi connectivity index (χ0n) is 31.6. The summed E-state index contributed by atoms with van der Waals surface area (Å²) in [6.07, 6.45) is -3.26. The molecule has 2 fully saturated rings. The SMILES string of the molecule is CC(C)(C)OC(=O)CC[C@@H](CO)NC(=O)C1=C[C@H]2OC3(Cc4ccccc4C3)O[C@H]2[C@H](OC(=O)c2cccc(C=CCO[C@H]3O[C@H](CO)[C@H](O)[C@H](O)[C@H]3O)c2)C1. The van der Waals surface area contributed by atoms with Gasteiger partial charge in [0.2, 0.25) is 5.91 Å². The molecule has 0 saturated carbocycles. The number of carbonyl (C=O) groups is 3. The van der Waals surface area contributed by atoms with Crippen molar-refractivity contribution in [2.45, 2.75) is 119 Å². The molecular weight excluding hydrogens is 730 g/mol. The molecule has 2 aromatic rings. The minimum atomic E-state index is -1.56. The van der Waals surface area contributed by atoms with Crippen LogP contribution in [0.4, 0.5) is 0 Å². The predicted molar refractivity (Wildman–Crippen MR) is 198 cm³/mol. The average Bonchev–Trinajstić information content (AvgIpc) is 3.72. The zero-order valence-corrected chi connectivity index (χ0v) is 31.6. The van der Waals surface area contributed by atoms with E-state index in [-0.39, 0.29) is 37.0 Å². The average molecular weight is 782 g/mol. The van der Waals surface area contributed by atoms with E-state index in [1.807, 2.05) is 24.3 Å². The van der Waals surface area contributed by atoms with Crippen LogP contribution in [0.15, 0.2) is 66.3 Å². The quantitative estimate of drug-likeness (QED) is 0.158. The maximum Gasteiger partial charge on any atom is 0.338 e. The lowest BCUT2D eigenvalue weighted by atomic mass is 9.91. The Morgan fingerprint density at radius 1 is 0.982 bits per heavy atom. The number of amides is 1. The van der Waals surface area contributed by atoms with E-state index in [9.17, 15) is 39.9 Å². The molecule has 56 heavy (non-hydrogen) atoms. The molecular formula is C41H51NO14. The van der Waals surface area contributed by atoms with Crippen molar-refractivity contribution in [2.75, 3.05) is 19.8 Å². The fraction of sp³-hybridized carbons (Fsp3) is 0.537. The summed E-state index contributed by atoms with van der Waals surface area (Å²) in [4.78, 5) is 39.7. The number of aliphatic hydroxyl groups excluding tert-OH is 5. The van der Waals surface area contributed by atoms with Crippen LogP contribution < -0.4 is 5.32 Å². The topological polar surface area (TPSA) is 220 Å². The highest BCUT2D eigenvalue weighted by atomic mass is 16.8. The predicted octanol–water partition coefficient (Wildman–Crippen LogP) is 1.25. The highest BCUT2D eigenvalue weighted by molar-refractivity contribution is 5.94. The summed E-state index contributed by atoms with van der Waals surface area (Å²) < 4.78 is 35.4. The number of hydrogen-bond donors (Lipinski definition) is 6. The molecule has 2 aliphatic heterocycles. The van der Waals surface area contributed by atoms with Crippen LogP contribution in [0.2, 0.25) is 0 Å². The minimum Gasteiger partial charge on any atom is -0.460 e. The van der Waals surface area contributed by atoms with E-state index in [4.69, 9.17) is 28.4 Å². The summed E-state index contributed by atoms with van der Waals surface area (Å²) in [5.41, 5.74) is 2.62. The Balaban J connectivity index is 1.12. The normalized spacial score (nSPS) is 28.7. The van der Waals surface area contributed by atoms with Crippen LogP contribution in [0.25, 0.3) is 6.08 Å². The molecule has 2 aromatic carbocycles. The van der Waals surface area contributed by atoms with E-state index in [2.05, 4.69) is 5.32 Å². The van der Waals surface area contributed by atoms with E-state index < -0.39 is 97.5 Å². The van der Waals surface area contributed by atoms with E-state index in [0.717, 1.165) is 11.1 Å². The third-order valence-corrected chi connectivity index (χ3v) is 10.1. The van der Waals surface area contributed by atoms with Crippen LogP contribution >= 0.6 is 0 Å². The van der Waals surface area contributed by atoms with E-state index in [1.165, 1.54) is 0 Å². The number of benzene rings is 2. The van der Waals surface area contributed by atoms with Crippen molar-refractivity contribution in [3.8, 4) is 0 Å². The fourth-order valence-corrected chi connectivity index (χ4v) is 7.35. The van der Waals surface area contributed by atoms with Crippen LogP contribution in [0, 0.1) is 0 Å². The van der Waals surface area contributed by atoms with Crippen LogP contribution in [0.3, 0.4) is 0 Å². The molecule has 0 unspecified atom stereocenters. The van der Waals surface area contributed by atoms with Crippen molar-refractivity contribution in [1.82, 2.24) is 5.32 Å². The maximum atomic E-state index is 13.7. The van der Waals surface area contributed by atoms with Gasteiger partial charge in [-0.3, -0.25) is 9.59 Å². The molecule has 4 aliphatic rings. The van der Waals surface area contributed by atoms with Gasteiger partial charge in [0.1, 0.15) is 48.3 Å². The minimum absolute atomic E-state index is 0.00419. The molecule has 9 atom stereocenters. The van der Waals surface area contributed by atoms with Crippen molar-refractivity contribution < 1.29 is 68.3 Å². The van der Waals surface area contributed by atoms with Gasteiger partial charge in [-0.25, -0.2) is 4.79 Å². The molecule has 0 radical (unpaired) electrons. The molecule has 0 bridgehead atoms. The second kappa shape index (κ2) is 17.6. The Morgan fingerprint density at radius 2 is 1.71 bits per heavy atom. The number of fused-ring (bicyclic) bond motifs is 2. The third kappa shape index (κ3) is 9.91. The Labute approximate surface area is 324 Å². The molecule has 1 spiro atoms. The number of nitrogens with one attached hydrogen (secondary N) is 1. The van der Waals surface area contributed by atoms with Crippen LogP contribution in [0.5, 0.6) is 0 Å². The molecule has 1 amide bonds. The molecule has 6 N–H and O–H groups in total. The highest BCUT2D eigenvalue weighted by Crippen LogP contribution is 2.45. The summed E-state index contributed by atoms with van der Waals surface area (Å²) in [6, 6.07) is 13.8. The summed E-state index contributed by atoms with van der Waals surface area (Å²) >= 11 is 0. The number of rotatable bonds is 13. The van der Waals surface area contributed by atoms with Crippen LogP contribution in [0.1, 0.15) is 67.1 Å². The molecule has 15 nitrogen and oxygen atoms in total. The first-order valence-corrected chi connectivity index (χ1v) is 18.8. The van der Waals surface area contributed by atoms with E-state index in [1.54, 1.807) is 63.3 Å². The van der Waals surface area contributed by atoms with Crippen molar-refractivity contribution in [1.29, 1.82) is 0 Å². The second-order valence-corrected chi connectivity index (χ2v) is 15.6. The first kappa shape index (κ1) is 41.6. The van der Waals surface area contributed by atoms with Crippen LogP contribution in [-0.2, 0) is 50.9 Å². The summed E-state index contributed by atoms with van der Waals surface area (Å²) in [5.74, 6) is -2.61. The zero-order chi connectivity index (χ0) is 40.2. The van der Waals surface area contributed by atoms with Crippen molar-refractivity contribution in [2.24, 2.45) is 0 Å². The molecule has 6 rings (SSSR count). The first-order chi connectivity index (χ1) is 26.7. The monoisotopic (exact) mass is 781 g/mol. The number of esters is 2. The third-order valence-electron chi connectivity index (χ3n) is 10.1. The standard InChI is InChI=1S/C41H51NO14/c1-40(2,3)55-32(45)14-13-28(21-43)42-37(49)27-17-29(36-30(18-27)54-41(56-36)19-25-10-4-5-11-26(25)20-41)52-38(50)24-12-6-8-23(16-24)9-7-15-51-39-35(48)34(47)33(46)31(22-44)53-39/h4-12,16,18,28-31,33-36,39,43-44,46-48H,13-15,17,19-22H2,1-3H3,(H,42,49)/t28-,29+,30+,31+,33-,34-,35+,36-,39-/m0/s1. The van der Waals surface area contributed by atoms with E-state index >= 15 is 0 Å². The Bertz CT molecular complexity index is 1760. The summed E-state index contributed by atoms with van der Waals surface area (Å²) in [6.45, 7) is 4.23. The number of carbonyl (C=O) groups excluding carboxylic acids is 3. The smallest absolute Gasteiger partial charge is 0.338 e. The van der Waals surface area contributed by atoms with Crippen LogP contribution in [-0.4, -0.2) is 130 Å². The molecule has 304 valence electrons. The van der Waals surface area contributed by atoms with Gasteiger partial charge in [0.25, 0.3) is 0 Å². The van der Waals surface area contributed by atoms with Gasteiger partial charge in [-0.15, -0.1) is 0 Å². The molecule has 15 heteroatoms. The Kier molecular flexibility index (Phi) is 13.1. The lowest BCUT2D eigenvalue weighted by Gasteiger charge is -2.39. The van der Waals surface area contributed by atoms with Gasteiger partial charge in [-0.1, -0.05) is 48.6 Å². The van der Waals surface area contributed by atoms with Crippen molar-refractivity contribution >= 4 is 23.9 Å². The molecule has 2 heterocycles. The number of aliphatic hydroxyl groups is 5. The molecule has 2 saturated heterocycles. The highest BCUT2D eigenvalue weighted by Gasteiger charge is 2.55. The van der Waals surface area contributed by atoms with Crippen molar-refractivity contribution in [3.63, 3.8) is 0 Å². The Morgan fingerprint density at radius 3 is 2.39 bits per heavy atom. The lowest BCUT2D eigenvalue weighted by molar-refractivity contribution is -0.298. The molecule has 2 aliphatic carbocycles. The van der Waals surface area contributed by atoms with Gasteiger partial charge in [-0.2, -0.15) is 0 Å². The molecule has 0 aromatic heterocycles. The Hall–Kier alpha value is -4.03. The fourth-order valence-electron chi connectivity index (χ4n) is 7.35. The first-order valence-electron chi connectivity index (χ1n) is 18.8. The summed E-state index contributed by atoms with van der Waals surface area (Å²) in [7, 11) is 0. The largest absolute Gasteiger partial charge is 0.460 e. The second-order valence-electron chi connectivity index (χ2n) is 15.6. The number of ether oxygens (including phenoxy) is 6.